The summed E-state index contributed by atoms with van der Waals surface area (Å²) in [6.45, 7) is 6.13. The number of nitrogens with one attached hydrogen (secondary N) is 2. The number of alkyl halides is 1. The third-order valence-corrected chi connectivity index (χ3v) is 4.93. The van der Waals surface area contributed by atoms with E-state index in [9.17, 15) is 9.50 Å². The highest BCUT2D eigenvalue weighted by atomic mass is 19.1. The van der Waals surface area contributed by atoms with Crippen molar-refractivity contribution in [1.29, 1.82) is 0 Å². The fourth-order valence-corrected chi connectivity index (χ4v) is 4.04. The Morgan fingerprint density at radius 3 is 2.85 bits per heavy atom. The topological polar surface area (TPSA) is 47.5 Å². The minimum Gasteiger partial charge on any atom is -0.393 e. The molecule has 2 fully saturated rings. The number of nitrogens with zero attached hydrogens (tertiary/aromatic N) is 1. The van der Waals surface area contributed by atoms with Crippen LogP contribution in [-0.2, 0) is 0 Å². The standard InChI is InChI=1S/C15H26FN3O/c1-9(2)19-12-6-11(16)7-13(20)14(12)15(18-19)10-4-3-5-17-8-10/h4,9,11-15,17-18,20H,3,5-8H2,1-2H3. The van der Waals surface area contributed by atoms with Crippen LogP contribution in [0.25, 0.3) is 0 Å². The number of fused-ring (bicyclic) bond motifs is 1. The van der Waals surface area contributed by atoms with E-state index >= 15 is 0 Å². The molecule has 0 spiro atoms. The molecule has 4 nitrogen and oxygen atoms in total. The van der Waals surface area contributed by atoms with E-state index in [2.05, 4.69) is 35.7 Å². The van der Waals surface area contributed by atoms with Crippen molar-refractivity contribution < 1.29 is 9.50 Å². The van der Waals surface area contributed by atoms with Crippen molar-refractivity contribution in [1.82, 2.24) is 15.8 Å². The quantitative estimate of drug-likeness (QED) is 0.661. The molecule has 2 aliphatic heterocycles. The molecule has 0 amide bonds. The van der Waals surface area contributed by atoms with Gasteiger partial charge in [-0.15, -0.1) is 0 Å². The summed E-state index contributed by atoms with van der Waals surface area (Å²) in [4.78, 5) is 0. The first-order valence-corrected chi connectivity index (χ1v) is 7.84. The SMILES string of the molecule is CC(C)N1NC(C2=CCCNC2)C2C(O)CC(F)CC21. The molecule has 5 atom stereocenters. The van der Waals surface area contributed by atoms with Crippen LogP contribution in [0, 0.1) is 5.92 Å². The van der Waals surface area contributed by atoms with Gasteiger partial charge in [-0.1, -0.05) is 6.08 Å². The average molecular weight is 283 g/mol. The monoisotopic (exact) mass is 283 g/mol. The molecule has 1 aliphatic carbocycles. The predicted molar refractivity (Wildman–Crippen MR) is 76.9 cm³/mol. The normalized spacial score (nSPS) is 42.6. The van der Waals surface area contributed by atoms with Crippen LogP contribution in [0.5, 0.6) is 0 Å². The van der Waals surface area contributed by atoms with Gasteiger partial charge in [0.2, 0.25) is 0 Å². The molecule has 5 heteroatoms. The highest BCUT2D eigenvalue weighted by Gasteiger charge is 2.51. The molecule has 5 unspecified atom stereocenters. The van der Waals surface area contributed by atoms with Gasteiger partial charge in [0.25, 0.3) is 0 Å². The van der Waals surface area contributed by atoms with Crippen molar-refractivity contribution >= 4 is 0 Å². The van der Waals surface area contributed by atoms with E-state index < -0.39 is 12.3 Å². The first-order chi connectivity index (χ1) is 9.58. The smallest absolute Gasteiger partial charge is 0.104 e. The first kappa shape index (κ1) is 14.4. The maximum Gasteiger partial charge on any atom is 0.104 e. The Morgan fingerprint density at radius 1 is 1.40 bits per heavy atom. The van der Waals surface area contributed by atoms with E-state index in [0.29, 0.717) is 12.5 Å². The molecule has 0 aromatic heterocycles. The molecular formula is C15H26FN3O. The van der Waals surface area contributed by atoms with Crippen molar-refractivity contribution in [2.24, 2.45) is 5.92 Å². The molecular weight excluding hydrogens is 257 g/mol. The zero-order valence-electron chi connectivity index (χ0n) is 12.3. The zero-order chi connectivity index (χ0) is 14.3. The molecule has 20 heavy (non-hydrogen) atoms. The van der Waals surface area contributed by atoms with E-state index in [1.165, 1.54) is 5.57 Å². The lowest BCUT2D eigenvalue weighted by Gasteiger charge is -2.38. The molecule has 3 N–H and O–H groups in total. The van der Waals surface area contributed by atoms with Gasteiger partial charge >= 0.3 is 0 Å². The lowest BCUT2D eigenvalue weighted by molar-refractivity contribution is -0.00558. The number of halogens is 1. The highest BCUT2D eigenvalue weighted by Crippen LogP contribution is 2.39. The molecule has 0 aromatic carbocycles. The van der Waals surface area contributed by atoms with E-state index in [1.807, 2.05) is 0 Å². The Morgan fingerprint density at radius 2 is 2.20 bits per heavy atom. The van der Waals surface area contributed by atoms with Gasteiger partial charge in [0.15, 0.2) is 0 Å². The van der Waals surface area contributed by atoms with Crippen molar-refractivity contribution in [2.75, 3.05) is 13.1 Å². The minimum absolute atomic E-state index is 0.0987. The molecule has 3 aliphatic rings. The third-order valence-electron chi connectivity index (χ3n) is 4.93. The van der Waals surface area contributed by atoms with E-state index in [1.54, 1.807) is 0 Å². The Balaban J connectivity index is 1.86. The fraction of sp³-hybridized carbons (Fsp3) is 0.867. The molecule has 0 aromatic rings. The van der Waals surface area contributed by atoms with Gasteiger partial charge in [0.1, 0.15) is 6.17 Å². The Labute approximate surface area is 120 Å². The Bertz CT molecular complexity index is 387. The van der Waals surface area contributed by atoms with Crippen molar-refractivity contribution in [3.8, 4) is 0 Å². The number of aliphatic hydroxyl groups excluding tert-OH is 1. The van der Waals surface area contributed by atoms with E-state index in [-0.39, 0.29) is 24.4 Å². The lowest BCUT2D eigenvalue weighted by Crippen LogP contribution is -2.48. The summed E-state index contributed by atoms with van der Waals surface area (Å²) in [5.41, 5.74) is 4.88. The highest BCUT2D eigenvalue weighted by molar-refractivity contribution is 5.21. The first-order valence-electron chi connectivity index (χ1n) is 7.84. The maximum atomic E-state index is 13.8. The minimum atomic E-state index is -0.883. The van der Waals surface area contributed by atoms with Gasteiger partial charge in [-0.05, 0) is 38.8 Å². The van der Waals surface area contributed by atoms with Crippen LogP contribution in [0.4, 0.5) is 4.39 Å². The number of aliphatic hydroxyl groups is 1. The summed E-state index contributed by atoms with van der Waals surface area (Å²) < 4.78 is 13.8. The predicted octanol–water partition coefficient (Wildman–Crippen LogP) is 0.981. The average Bonchev–Trinajstić information content (AvgIpc) is 2.79. The number of hydrogen-bond acceptors (Lipinski definition) is 4. The summed E-state index contributed by atoms with van der Waals surface area (Å²) >= 11 is 0. The molecule has 2 heterocycles. The fourth-order valence-electron chi connectivity index (χ4n) is 4.04. The second-order valence-corrected chi connectivity index (χ2v) is 6.63. The van der Waals surface area contributed by atoms with Crippen LogP contribution in [0.3, 0.4) is 0 Å². The van der Waals surface area contributed by atoms with Gasteiger partial charge in [-0.2, -0.15) is 0 Å². The number of hydrogen-bond donors (Lipinski definition) is 3. The van der Waals surface area contributed by atoms with Crippen LogP contribution < -0.4 is 10.7 Å². The molecule has 1 saturated heterocycles. The molecule has 114 valence electrons. The van der Waals surface area contributed by atoms with Gasteiger partial charge in [0, 0.05) is 31.0 Å². The van der Waals surface area contributed by atoms with Crippen LogP contribution in [0.15, 0.2) is 11.6 Å². The Hall–Kier alpha value is -0.490. The van der Waals surface area contributed by atoms with Crippen LogP contribution in [0.1, 0.15) is 33.1 Å². The molecule has 0 bridgehead atoms. The van der Waals surface area contributed by atoms with Crippen molar-refractivity contribution in [2.45, 2.75) is 63.5 Å². The number of rotatable bonds is 2. The van der Waals surface area contributed by atoms with Crippen LogP contribution in [0.2, 0.25) is 0 Å². The third kappa shape index (κ3) is 2.52. The van der Waals surface area contributed by atoms with Gasteiger partial charge in [0.05, 0.1) is 12.1 Å². The Kier molecular flexibility index (Phi) is 4.13. The van der Waals surface area contributed by atoms with Gasteiger partial charge in [-0.3, -0.25) is 0 Å². The molecule has 0 radical (unpaired) electrons. The largest absolute Gasteiger partial charge is 0.393 e. The lowest BCUT2D eigenvalue weighted by atomic mass is 9.76. The van der Waals surface area contributed by atoms with Gasteiger partial charge in [-0.25, -0.2) is 14.8 Å². The summed E-state index contributed by atoms with van der Waals surface area (Å²) in [5, 5.41) is 16.0. The van der Waals surface area contributed by atoms with Crippen LogP contribution >= 0.6 is 0 Å². The summed E-state index contributed by atoms with van der Waals surface area (Å²) in [5.74, 6) is 0.107. The second kappa shape index (κ2) is 5.72. The maximum absolute atomic E-state index is 13.8. The van der Waals surface area contributed by atoms with Gasteiger partial charge < -0.3 is 10.4 Å². The van der Waals surface area contributed by atoms with Crippen LogP contribution in [-0.4, -0.2) is 53.6 Å². The van der Waals surface area contributed by atoms with E-state index in [0.717, 1.165) is 19.5 Å². The van der Waals surface area contributed by atoms with Crippen molar-refractivity contribution in [3.05, 3.63) is 11.6 Å². The van der Waals surface area contributed by atoms with Crippen molar-refractivity contribution in [3.63, 3.8) is 0 Å². The molecule has 3 rings (SSSR count). The summed E-state index contributed by atoms with van der Waals surface area (Å²) in [6.07, 6.45) is 2.70. The molecule has 1 saturated carbocycles. The summed E-state index contributed by atoms with van der Waals surface area (Å²) in [7, 11) is 0. The number of hydrazine groups is 1. The second-order valence-electron chi connectivity index (χ2n) is 6.63. The van der Waals surface area contributed by atoms with E-state index in [4.69, 9.17) is 0 Å². The summed E-state index contributed by atoms with van der Waals surface area (Å²) in [6, 6.07) is 0.557. The zero-order valence-corrected chi connectivity index (χ0v) is 12.3.